The predicted octanol–water partition coefficient (Wildman–Crippen LogP) is 0.791. The van der Waals surface area contributed by atoms with Crippen LogP contribution in [0, 0.1) is 0 Å². The fourth-order valence-electron chi connectivity index (χ4n) is 1.45. The Kier molecular flexibility index (Phi) is 3.98. The van der Waals surface area contributed by atoms with Gasteiger partial charge in [0.1, 0.15) is 5.60 Å². The number of rotatable bonds is 5. The van der Waals surface area contributed by atoms with Gasteiger partial charge >= 0.3 is 0 Å². The number of hydrogen-bond donors (Lipinski definition) is 1. The average molecular weight is 173 g/mol. The number of nitrogens with one attached hydrogen (secondary N) is 1. The molecule has 0 spiro atoms. The maximum absolute atomic E-state index is 5.46. The van der Waals surface area contributed by atoms with Gasteiger partial charge in [0.25, 0.3) is 0 Å². The quantitative estimate of drug-likeness (QED) is 0.624. The van der Waals surface area contributed by atoms with Crippen LogP contribution >= 0.6 is 0 Å². The van der Waals surface area contributed by atoms with E-state index in [4.69, 9.17) is 9.47 Å². The van der Waals surface area contributed by atoms with Crippen LogP contribution in [0.3, 0.4) is 0 Å². The fraction of sp³-hybridized carbons (Fsp3) is 1.00. The van der Waals surface area contributed by atoms with Crippen LogP contribution in [0.4, 0.5) is 0 Å². The lowest BCUT2D eigenvalue weighted by Crippen LogP contribution is -2.43. The second-order valence-electron chi connectivity index (χ2n) is 3.37. The van der Waals surface area contributed by atoms with Crippen LogP contribution in [0.25, 0.3) is 0 Å². The van der Waals surface area contributed by atoms with Gasteiger partial charge in [-0.2, -0.15) is 0 Å². The number of ether oxygens (including phenoxy) is 2. The normalized spacial score (nSPS) is 29.5. The van der Waals surface area contributed by atoms with E-state index in [9.17, 15) is 0 Å². The van der Waals surface area contributed by atoms with Crippen molar-refractivity contribution >= 4 is 0 Å². The highest BCUT2D eigenvalue weighted by Gasteiger charge is 2.34. The molecule has 1 unspecified atom stereocenters. The van der Waals surface area contributed by atoms with Crippen molar-refractivity contribution in [3.63, 3.8) is 0 Å². The second-order valence-corrected chi connectivity index (χ2v) is 3.37. The Bertz CT molecular complexity index is 122. The van der Waals surface area contributed by atoms with Crippen molar-refractivity contribution in [2.24, 2.45) is 0 Å². The van der Waals surface area contributed by atoms with Crippen molar-refractivity contribution < 1.29 is 9.47 Å². The van der Waals surface area contributed by atoms with Crippen molar-refractivity contribution in [2.75, 3.05) is 33.4 Å². The second kappa shape index (κ2) is 4.80. The van der Waals surface area contributed by atoms with Crippen LogP contribution < -0.4 is 5.32 Å². The Morgan fingerprint density at radius 3 is 2.92 bits per heavy atom. The van der Waals surface area contributed by atoms with E-state index in [1.54, 1.807) is 7.11 Å². The van der Waals surface area contributed by atoms with Crippen molar-refractivity contribution in [3.05, 3.63) is 0 Å². The summed E-state index contributed by atoms with van der Waals surface area (Å²) < 4.78 is 10.8. The molecule has 1 aliphatic rings. The molecular weight excluding hydrogens is 154 g/mol. The minimum atomic E-state index is -0.0465. The largest absolute Gasteiger partial charge is 0.378 e. The van der Waals surface area contributed by atoms with Gasteiger partial charge in [0.15, 0.2) is 0 Å². The van der Waals surface area contributed by atoms with E-state index in [0.29, 0.717) is 0 Å². The van der Waals surface area contributed by atoms with E-state index in [1.165, 1.54) is 6.42 Å². The zero-order valence-electron chi connectivity index (χ0n) is 8.06. The summed E-state index contributed by atoms with van der Waals surface area (Å²) in [6, 6.07) is 0. The molecule has 1 saturated heterocycles. The van der Waals surface area contributed by atoms with Gasteiger partial charge in [-0.25, -0.2) is 0 Å². The first-order valence-electron chi connectivity index (χ1n) is 4.66. The molecule has 0 aromatic carbocycles. The van der Waals surface area contributed by atoms with E-state index in [0.717, 1.165) is 32.7 Å². The predicted molar refractivity (Wildman–Crippen MR) is 48.3 cm³/mol. The topological polar surface area (TPSA) is 30.5 Å². The third-order valence-corrected chi connectivity index (χ3v) is 2.37. The molecule has 0 aromatic heterocycles. The Labute approximate surface area is 74.4 Å². The lowest BCUT2D eigenvalue weighted by atomic mass is 10.0. The Hall–Kier alpha value is -0.120. The lowest BCUT2D eigenvalue weighted by molar-refractivity contribution is -0.0155. The van der Waals surface area contributed by atoms with E-state index in [2.05, 4.69) is 12.2 Å². The number of hydrogen-bond acceptors (Lipinski definition) is 3. The molecule has 0 saturated carbocycles. The molecule has 72 valence electrons. The van der Waals surface area contributed by atoms with Crippen LogP contribution in [-0.4, -0.2) is 39.0 Å². The van der Waals surface area contributed by atoms with Crippen molar-refractivity contribution in [1.82, 2.24) is 5.32 Å². The fourth-order valence-corrected chi connectivity index (χ4v) is 1.45. The summed E-state index contributed by atoms with van der Waals surface area (Å²) in [6.45, 7) is 5.71. The molecule has 0 radical (unpaired) electrons. The molecule has 0 amide bonds. The van der Waals surface area contributed by atoms with E-state index >= 15 is 0 Å². The van der Waals surface area contributed by atoms with Crippen molar-refractivity contribution in [2.45, 2.75) is 25.4 Å². The monoisotopic (exact) mass is 173 g/mol. The molecule has 3 heteroatoms. The van der Waals surface area contributed by atoms with Gasteiger partial charge in [0.05, 0.1) is 6.61 Å². The van der Waals surface area contributed by atoms with Gasteiger partial charge in [-0.15, -0.1) is 0 Å². The van der Waals surface area contributed by atoms with Crippen LogP contribution in [-0.2, 0) is 9.47 Å². The first kappa shape index (κ1) is 9.96. The van der Waals surface area contributed by atoms with E-state index in [1.807, 2.05) is 0 Å². The van der Waals surface area contributed by atoms with Gasteiger partial charge < -0.3 is 14.8 Å². The SMILES string of the molecule is CCCNCC1(OC)CCOC1. The van der Waals surface area contributed by atoms with Crippen molar-refractivity contribution in [3.8, 4) is 0 Å². The minimum absolute atomic E-state index is 0.0465. The van der Waals surface area contributed by atoms with Gasteiger partial charge in [-0.3, -0.25) is 0 Å². The molecule has 0 bridgehead atoms. The lowest BCUT2D eigenvalue weighted by Gasteiger charge is -2.25. The van der Waals surface area contributed by atoms with Crippen molar-refractivity contribution in [1.29, 1.82) is 0 Å². The van der Waals surface area contributed by atoms with Crippen LogP contribution in [0.2, 0.25) is 0 Å². The summed E-state index contributed by atoms with van der Waals surface area (Å²) >= 11 is 0. The summed E-state index contributed by atoms with van der Waals surface area (Å²) in [4.78, 5) is 0. The molecule has 0 aliphatic carbocycles. The first-order chi connectivity index (χ1) is 5.83. The molecule has 1 N–H and O–H groups in total. The third-order valence-electron chi connectivity index (χ3n) is 2.37. The zero-order valence-corrected chi connectivity index (χ0v) is 8.06. The summed E-state index contributed by atoms with van der Waals surface area (Å²) in [7, 11) is 1.77. The van der Waals surface area contributed by atoms with E-state index < -0.39 is 0 Å². The van der Waals surface area contributed by atoms with Gasteiger partial charge in [0.2, 0.25) is 0 Å². The molecule has 12 heavy (non-hydrogen) atoms. The number of methoxy groups -OCH3 is 1. The average Bonchev–Trinajstić information content (AvgIpc) is 2.55. The highest BCUT2D eigenvalue weighted by Crippen LogP contribution is 2.21. The van der Waals surface area contributed by atoms with Crippen LogP contribution in [0.15, 0.2) is 0 Å². The molecule has 1 fully saturated rings. The van der Waals surface area contributed by atoms with E-state index in [-0.39, 0.29) is 5.60 Å². The summed E-state index contributed by atoms with van der Waals surface area (Å²) in [5.41, 5.74) is -0.0465. The van der Waals surface area contributed by atoms with Crippen LogP contribution in [0.5, 0.6) is 0 Å². The summed E-state index contributed by atoms with van der Waals surface area (Å²) in [5, 5.41) is 3.36. The third kappa shape index (κ3) is 2.44. The maximum Gasteiger partial charge on any atom is 0.106 e. The summed E-state index contributed by atoms with van der Waals surface area (Å²) in [6.07, 6.45) is 2.18. The Morgan fingerprint density at radius 2 is 2.42 bits per heavy atom. The van der Waals surface area contributed by atoms with Crippen LogP contribution in [0.1, 0.15) is 19.8 Å². The smallest absolute Gasteiger partial charge is 0.106 e. The highest BCUT2D eigenvalue weighted by atomic mass is 16.5. The molecule has 3 nitrogen and oxygen atoms in total. The maximum atomic E-state index is 5.46. The highest BCUT2D eigenvalue weighted by molar-refractivity contribution is 4.86. The minimum Gasteiger partial charge on any atom is -0.378 e. The molecule has 0 aromatic rings. The zero-order chi connectivity index (χ0) is 8.86. The summed E-state index contributed by atoms with van der Waals surface area (Å²) in [5.74, 6) is 0. The standard InChI is InChI=1S/C9H19NO2/c1-3-5-10-7-9(11-2)4-6-12-8-9/h10H,3-8H2,1-2H3. The molecule has 1 rings (SSSR count). The molecule has 1 heterocycles. The van der Waals surface area contributed by atoms with Gasteiger partial charge in [-0.1, -0.05) is 6.92 Å². The van der Waals surface area contributed by atoms with Gasteiger partial charge in [-0.05, 0) is 13.0 Å². The molecular formula is C9H19NO2. The first-order valence-corrected chi connectivity index (χ1v) is 4.66. The molecule has 1 atom stereocenters. The van der Waals surface area contributed by atoms with Gasteiger partial charge in [0, 0.05) is 26.7 Å². The Morgan fingerprint density at radius 1 is 1.58 bits per heavy atom. The molecule has 1 aliphatic heterocycles. The Balaban J connectivity index is 2.24.